The maximum Gasteiger partial charge on any atom is 0.488 e. The van der Waals surface area contributed by atoms with Crippen molar-refractivity contribution >= 4 is 40.9 Å². The van der Waals surface area contributed by atoms with Crippen LogP contribution < -0.4 is 10.4 Å². The molecule has 0 aromatic heterocycles. The van der Waals surface area contributed by atoms with Crippen LogP contribution in [0.3, 0.4) is 0 Å². The largest absolute Gasteiger partial charge is 0.507 e. The van der Waals surface area contributed by atoms with Crippen LogP contribution in [-0.4, -0.2) is 45.0 Å². The predicted octanol–water partition coefficient (Wildman–Crippen LogP) is 2.23. The van der Waals surface area contributed by atoms with Gasteiger partial charge in [-0.1, -0.05) is 49.4 Å². The number of benzene rings is 3. The summed E-state index contributed by atoms with van der Waals surface area (Å²) in [6, 6.07) is 17.0. The number of fused-ring (bicyclic) bond motifs is 4. The molecular formula is C28H28BNO7. The van der Waals surface area contributed by atoms with Gasteiger partial charge in [0.1, 0.15) is 5.75 Å². The number of phenolic OH excluding ortho intramolecular Hbond substituents is 1. The van der Waals surface area contributed by atoms with Crippen molar-refractivity contribution in [2.24, 2.45) is 23.7 Å². The Labute approximate surface area is 214 Å². The maximum absolute atomic E-state index is 13.8. The van der Waals surface area contributed by atoms with E-state index in [0.29, 0.717) is 24.6 Å². The summed E-state index contributed by atoms with van der Waals surface area (Å²) >= 11 is 0. The van der Waals surface area contributed by atoms with E-state index in [9.17, 15) is 29.9 Å². The Morgan fingerprint density at radius 1 is 1.00 bits per heavy atom. The smallest absolute Gasteiger partial charge is 0.488 e. The fraction of sp³-hybridized carbons (Fsp3) is 0.357. The standard InChI is InChI=1S/C28H28BNO7/c1-2-15-12-21-25(27(33)30(26(21)32)17-7-5-6-16(13-17)29(35)36)22-14-24(37-28(15,22)34)20-10-11-23(31)19-9-4-3-8-18(19)20/h3-11,13,15,21-22,24-25,31,34-36H,2,12,14H2,1H3/t15-,21-,22-,24-,25-,28+/m0/s1. The number of aliphatic hydroxyl groups is 1. The van der Waals surface area contributed by atoms with Crippen LogP contribution in [0.1, 0.15) is 37.9 Å². The molecular weight excluding hydrogens is 473 g/mol. The molecule has 2 saturated heterocycles. The average Bonchev–Trinajstić information content (AvgIpc) is 3.37. The molecule has 9 heteroatoms. The monoisotopic (exact) mass is 501 g/mol. The third-order valence-corrected chi connectivity index (χ3v) is 8.56. The van der Waals surface area contributed by atoms with Crippen LogP contribution in [0.5, 0.6) is 5.75 Å². The molecule has 1 saturated carbocycles. The number of phenols is 1. The third kappa shape index (κ3) is 3.53. The summed E-state index contributed by atoms with van der Waals surface area (Å²) < 4.78 is 6.40. The molecule has 0 bridgehead atoms. The summed E-state index contributed by atoms with van der Waals surface area (Å²) in [5.41, 5.74) is 1.28. The summed E-state index contributed by atoms with van der Waals surface area (Å²) in [6.07, 6.45) is 0.733. The molecule has 37 heavy (non-hydrogen) atoms. The van der Waals surface area contributed by atoms with Crippen molar-refractivity contribution in [1.29, 1.82) is 0 Å². The van der Waals surface area contributed by atoms with Gasteiger partial charge in [-0.2, -0.15) is 0 Å². The molecule has 2 heterocycles. The van der Waals surface area contributed by atoms with Crippen molar-refractivity contribution in [3.05, 3.63) is 66.2 Å². The number of hydrogen-bond acceptors (Lipinski definition) is 7. The average molecular weight is 501 g/mol. The van der Waals surface area contributed by atoms with E-state index in [0.717, 1.165) is 15.8 Å². The van der Waals surface area contributed by atoms with E-state index in [-0.39, 0.29) is 28.7 Å². The molecule has 6 atom stereocenters. The molecule has 0 radical (unpaired) electrons. The van der Waals surface area contributed by atoms with E-state index in [4.69, 9.17) is 4.74 Å². The molecule has 0 spiro atoms. The molecule has 3 aromatic carbocycles. The Morgan fingerprint density at radius 2 is 1.76 bits per heavy atom. The van der Waals surface area contributed by atoms with E-state index >= 15 is 0 Å². The number of carbonyl (C=O) groups excluding carboxylic acids is 2. The van der Waals surface area contributed by atoms with Gasteiger partial charge in [-0.3, -0.25) is 14.5 Å². The van der Waals surface area contributed by atoms with Crippen LogP contribution in [0.25, 0.3) is 10.8 Å². The maximum atomic E-state index is 13.8. The Kier molecular flexibility index (Phi) is 5.65. The van der Waals surface area contributed by atoms with E-state index < -0.39 is 42.7 Å². The number of carbonyl (C=O) groups is 2. The van der Waals surface area contributed by atoms with Crippen LogP contribution in [-0.2, 0) is 14.3 Å². The van der Waals surface area contributed by atoms with Crippen LogP contribution >= 0.6 is 0 Å². The van der Waals surface area contributed by atoms with Gasteiger partial charge in [0.15, 0.2) is 5.79 Å². The molecule has 8 nitrogen and oxygen atoms in total. The molecule has 3 aromatic rings. The molecule has 0 unspecified atom stereocenters. The van der Waals surface area contributed by atoms with Crippen molar-refractivity contribution < 1.29 is 34.6 Å². The van der Waals surface area contributed by atoms with Gasteiger partial charge in [0.05, 0.1) is 23.6 Å². The first-order valence-corrected chi connectivity index (χ1v) is 12.7. The molecule has 190 valence electrons. The Bertz CT molecular complexity index is 1410. The number of nitrogens with zero attached hydrogens (tertiary/aromatic N) is 1. The highest BCUT2D eigenvalue weighted by atomic mass is 16.6. The van der Waals surface area contributed by atoms with Crippen LogP contribution in [0.4, 0.5) is 5.69 Å². The number of imide groups is 1. The zero-order valence-corrected chi connectivity index (χ0v) is 20.3. The summed E-state index contributed by atoms with van der Waals surface area (Å²) in [5, 5.41) is 42.9. The Morgan fingerprint density at radius 3 is 2.49 bits per heavy atom. The number of anilines is 1. The molecule has 3 aliphatic rings. The van der Waals surface area contributed by atoms with Crippen LogP contribution in [0, 0.1) is 23.7 Å². The normalized spacial score (nSPS) is 31.0. The first-order valence-electron chi connectivity index (χ1n) is 12.7. The van der Waals surface area contributed by atoms with E-state index in [1.165, 1.54) is 12.1 Å². The number of rotatable bonds is 4. The first kappa shape index (κ1) is 24.1. The lowest BCUT2D eigenvalue weighted by Crippen LogP contribution is -2.53. The van der Waals surface area contributed by atoms with Gasteiger partial charge in [-0.25, -0.2) is 0 Å². The minimum atomic E-state index is -1.73. The second-order valence-corrected chi connectivity index (χ2v) is 10.4. The van der Waals surface area contributed by atoms with Crippen molar-refractivity contribution in [3.63, 3.8) is 0 Å². The van der Waals surface area contributed by atoms with Gasteiger partial charge in [0.25, 0.3) is 0 Å². The van der Waals surface area contributed by atoms with Gasteiger partial charge >= 0.3 is 7.12 Å². The molecule has 2 amide bonds. The summed E-state index contributed by atoms with van der Waals surface area (Å²) in [5.74, 6) is -4.44. The van der Waals surface area contributed by atoms with Crippen LogP contribution in [0.2, 0.25) is 0 Å². The van der Waals surface area contributed by atoms with Gasteiger partial charge < -0.3 is 25.0 Å². The minimum absolute atomic E-state index is 0.155. The number of hydrogen-bond donors (Lipinski definition) is 4. The zero-order chi connectivity index (χ0) is 26.1. The van der Waals surface area contributed by atoms with Gasteiger partial charge in [-0.05, 0) is 53.9 Å². The van der Waals surface area contributed by atoms with E-state index in [2.05, 4.69) is 0 Å². The topological polar surface area (TPSA) is 128 Å². The molecule has 1 aliphatic carbocycles. The van der Waals surface area contributed by atoms with Gasteiger partial charge in [0, 0.05) is 17.2 Å². The van der Waals surface area contributed by atoms with Gasteiger partial charge in [-0.15, -0.1) is 0 Å². The fourth-order valence-corrected chi connectivity index (χ4v) is 6.81. The fourth-order valence-electron chi connectivity index (χ4n) is 6.81. The third-order valence-electron chi connectivity index (χ3n) is 8.56. The van der Waals surface area contributed by atoms with Crippen molar-refractivity contribution in [2.45, 2.75) is 38.1 Å². The van der Waals surface area contributed by atoms with Crippen molar-refractivity contribution in [2.75, 3.05) is 4.90 Å². The first-order chi connectivity index (χ1) is 17.7. The van der Waals surface area contributed by atoms with E-state index in [1.54, 1.807) is 24.3 Å². The summed E-state index contributed by atoms with van der Waals surface area (Å²) in [4.78, 5) is 28.5. The summed E-state index contributed by atoms with van der Waals surface area (Å²) in [6.45, 7) is 1.94. The second-order valence-electron chi connectivity index (χ2n) is 10.4. The number of ether oxygens (including phenoxy) is 1. The van der Waals surface area contributed by atoms with Crippen molar-refractivity contribution in [1.82, 2.24) is 0 Å². The molecule has 3 fully saturated rings. The Hall–Kier alpha value is -3.24. The van der Waals surface area contributed by atoms with Gasteiger partial charge in [0.2, 0.25) is 11.8 Å². The molecule has 2 aliphatic heterocycles. The zero-order valence-electron chi connectivity index (χ0n) is 20.3. The van der Waals surface area contributed by atoms with E-state index in [1.807, 2.05) is 31.2 Å². The number of aromatic hydroxyl groups is 1. The predicted molar refractivity (Wildman–Crippen MR) is 137 cm³/mol. The minimum Gasteiger partial charge on any atom is -0.507 e. The number of amides is 2. The highest BCUT2D eigenvalue weighted by Crippen LogP contribution is 2.59. The SMILES string of the molecule is CC[C@H]1C[C@@H]2C(=O)N(c3cccc(B(O)O)c3)C(=O)[C@@H]2[C@@H]2C[C@@H](c3ccc(O)c4ccccc34)O[C@]12O. The molecule has 6 rings (SSSR count). The lowest BCUT2D eigenvalue weighted by Gasteiger charge is -2.44. The lowest BCUT2D eigenvalue weighted by molar-refractivity contribution is -0.269. The lowest BCUT2D eigenvalue weighted by atomic mass is 9.64. The van der Waals surface area contributed by atoms with Crippen LogP contribution in [0.15, 0.2) is 60.7 Å². The quantitative estimate of drug-likeness (QED) is 0.319. The molecule has 4 N–H and O–H groups in total. The van der Waals surface area contributed by atoms with Crippen molar-refractivity contribution in [3.8, 4) is 5.75 Å². The second kappa shape index (κ2) is 8.67. The highest BCUT2D eigenvalue weighted by Gasteiger charge is 2.66. The summed E-state index contributed by atoms with van der Waals surface area (Å²) in [7, 11) is -1.73. The Balaban J connectivity index is 1.40. The highest BCUT2D eigenvalue weighted by molar-refractivity contribution is 6.58.